The Bertz CT molecular complexity index is 632. The molecule has 1 aliphatic carbocycles. The van der Waals surface area contributed by atoms with E-state index < -0.39 is 0 Å². The zero-order chi connectivity index (χ0) is 14.3. The number of aromatic nitrogens is 2. The second kappa shape index (κ2) is 4.88. The van der Waals surface area contributed by atoms with Crippen LogP contribution >= 0.6 is 11.3 Å². The van der Waals surface area contributed by atoms with Crippen LogP contribution in [0, 0.1) is 12.3 Å². The van der Waals surface area contributed by atoms with Gasteiger partial charge in [-0.15, -0.1) is 11.3 Å². The predicted octanol–water partition coefficient (Wildman–Crippen LogP) is 4.03. The molecule has 2 N–H and O–H groups in total. The van der Waals surface area contributed by atoms with Gasteiger partial charge in [0.15, 0.2) is 0 Å². The summed E-state index contributed by atoms with van der Waals surface area (Å²) in [5.41, 5.74) is 0.335. The normalized spacial score (nSPS) is 21.3. The maximum absolute atomic E-state index is 4.64. The molecule has 3 rings (SSSR count). The van der Waals surface area contributed by atoms with E-state index in [2.05, 4.69) is 47.4 Å². The molecule has 0 aliphatic heterocycles. The zero-order valence-corrected chi connectivity index (χ0v) is 13.4. The van der Waals surface area contributed by atoms with Crippen LogP contribution in [0.4, 0.5) is 11.8 Å². The molecule has 20 heavy (non-hydrogen) atoms. The van der Waals surface area contributed by atoms with Gasteiger partial charge in [-0.2, -0.15) is 4.98 Å². The van der Waals surface area contributed by atoms with Crippen molar-refractivity contribution in [2.45, 2.75) is 46.1 Å². The highest BCUT2D eigenvalue weighted by Gasteiger charge is 2.35. The molecule has 5 heteroatoms. The van der Waals surface area contributed by atoms with E-state index in [0.717, 1.165) is 16.0 Å². The molecule has 0 spiro atoms. The van der Waals surface area contributed by atoms with Gasteiger partial charge in [-0.25, -0.2) is 4.98 Å². The third-order valence-electron chi connectivity index (χ3n) is 4.31. The Hall–Kier alpha value is -1.36. The number of rotatable bonds is 3. The SMILES string of the molecule is CNc1nc(NC2CCCC2(C)C)c2cc(C)sc2n1. The van der Waals surface area contributed by atoms with E-state index >= 15 is 0 Å². The van der Waals surface area contributed by atoms with Gasteiger partial charge in [0.2, 0.25) is 5.95 Å². The van der Waals surface area contributed by atoms with Gasteiger partial charge in [0.05, 0.1) is 5.39 Å². The molecule has 108 valence electrons. The molecule has 0 aromatic carbocycles. The van der Waals surface area contributed by atoms with Crippen molar-refractivity contribution in [1.82, 2.24) is 9.97 Å². The van der Waals surface area contributed by atoms with Gasteiger partial charge in [-0.3, -0.25) is 0 Å². The molecule has 1 unspecified atom stereocenters. The second-order valence-electron chi connectivity index (χ2n) is 6.30. The van der Waals surface area contributed by atoms with Gasteiger partial charge in [0.25, 0.3) is 0 Å². The predicted molar refractivity (Wildman–Crippen MR) is 86.7 cm³/mol. The van der Waals surface area contributed by atoms with E-state index in [4.69, 9.17) is 0 Å². The Labute approximate surface area is 124 Å². The summed E-state index contributed by atoms with van der Waals surface area (Å²) in [5.74, 6) is 1.67. The third kappa shape index (κ3) is 2.35. The van der Waals surface area contributed by atoms with E-state index in [1.807, 2.05) is 7.05 Å². The van der Waals surface area contributed by atoms with Crippen LogP contribution in [0.1, 0.15) is 38.0 Å². The topological polar surface area (TPSA) is 49.8 Å². The lowest BCUT2D eigenvalue weighted by molar-refractivity contribution is 0.349. The van der Waals surface area contributed by atoms with Crippen molar-refractivity contribution >= 4 is 33.3 Å². The van der Waals surface area contributed by atoms with Crippen LogP contribution in [0.3, 0.4) is 0 Å². The molecule has 4 nitrogen and oxygen atoms in total. The van der Waals surface area contributed by atoms with Crippen LogP contribution in [0.25, 0.3) is 10.2 Å². The Morgan fingerprint density at radius 2 is 2.15 bits per heavy atom. The van der Waals surface area contributed by atoms with Crippen molar-refractivity contribution in [3.8, 4) is 0 Å². The van der Waals surface area contributed by atoms with E-state index in [1.165, 1.54) is 24.1 Å². The Balaban J connectivity index is 2.01. The molecule has 2 aromatic rings. The Kier molecular flexibility index (Phi) is 3.32. The average Bonchev–Trinajstić information content (AvgIpc) is 2.91. The van der Waals surface area contributed by atoms with Crippen LogP contribution in [0.5, 0.6) is 0 Å². The first-order chi connectivity index (χ1) is 9.49. The quantitative estimate of drug-likeness (QED) is 0.896. The van der Waals surface area contributed by atoms with Crippen LogP contribution in [-0.4, -0.2) is 23.1 Å². The number of thiophene rings is 1. The van der Waals surface area contributed by atoms with E-state index in [0.29, 0.717) is 17.4 Å². The second-order valence-corrected chi connectivity index (χ2v) is 7.53. The third-order valence-corrected chi connectivity index (χ3v) is 5.25. The summed E-state index contributed by atoms with van der Waals surface area (Å²) in [6.45, 7) is 6.80. The van der Waals surface area contributed by atoms with Gasteiger partial charge in [-0.05, 0) is 31.2 Å². The molecule has 1 fully saturated rings. The molecule has 2 heterocycles. The molecular formula is C15H22N4S. The number of aryl methyl sites for hydroxylation is 1. The Morgan fingerprint density at radius 3 is 2.80 bits per heavy atom. The lowest BCUT2D eigenvalue weighted by Gasteiger charge is -2.28. The Morgan fingerprint density at radius 1 is 1.35 bits per heavy atom. The summed E-state index contributed by atoms with van der Waals surface area (Å²) < 4.78 is 0. The van der Waals surface area contributed by atoms with Gasteiger partial charge in [0.1, 0.15) is 10.6 Å². The van der Waals surface area contributed by atoms with Crippen LogP contribution in [-0.2, 0) is 0 Å². The average molecular weight is 290 g/mol. The fraction of sp³-hybridized carbons (Fsp3) is 0.600. The fourth-order valence-electron chi connectivity index (χ4n) is 3.02. The molecule has 1 atom stereocenters. The number of anilines is 2. The summed E-state index contributed by atoms with van der Waals surface area (Å²) in [4.78, 5) is 11.5. The lowest BCUT2D eigenvalue weighted by atomic mass is 9.87. The molecule has 1 saturated carbocycles. The molecule has 0 saturated heterocycles. The number of nitrogens with one attached hydrogen (secondary N) is 2. The van der Waals surface area contributed by atoms with Gasteiger partial charge in [0, 0.05) is 18.0 Å². The van der Waals surface area contributed by atoms with Crippen molar-refractivity contribution in [3.05, 3.63) is 10.9 Å². The first-order valence-corrected chi connectivity index (χ1v) is 8.04. The van der Waals surface area contributed by atoms with E-state index in [1.54, 1.807) is 11.3 Å². The number of nitrogens with zero attached hydrogens (tertiary/aromatic N) is 2. The molecule has 1 aliphatic rings. The minimum atomic E-state index is 0.335. The summed E-state index contributed by atoms with van der Waals surface area (Å²) in [6.07, 6.45) is 3.79. The number of fused-ring (bicyclic) bond motifs is 1. The molecule has 0 amide bonds. The highest BCUT2D eigenvalue weighted by Crippen LogP contribution is 2.40. The van der Waals surface area contributed by atoms with Crippen LogP contribution in [0.2, 0.25) is 0 Å². The van der Waals surface area contributed by atoms with E-state index in [9.17, 15) is 0 Å². The van der Waals surface area contributed by atoms with E-state index in [-0.39, 0.29) is 0 Å². The first kappa shape index (κ1) is 13.6. The largest absolute Gasteiger partial charge is 0.366 e. The van der Waals surface area contributed by atoms with Crippen molar-refractivity contribution < 1.29 is 0 Å². The summed E-state index contributed by atoms with van der Waals surface area (Å²) in [7, 11) is 1.87. The van der Waals surface area contributed by atoms with Gasteiger partial charge < -0.3 is 10.6 Å². The van der Waals surface area contributed by atoms with Gasteiger partial charge >= 0.3 is 0 Å². The molecule has 0 bridgehead atoms. The highest BCUT2D eigenvalue weighted by atomic mass is 32.1. The smallest absolute Gasteiger partial charge is 0.225 e. The zero-order valence-electron chi connectivity index (χ0n) is 12.6. The fourth-order valence-corrected chi connectivity index (χ4v) is 3.90. The number of hydrogen-bond acceptors (Lipinski definition) is 5. The van der Waals surface area contributed by atoms with Crippen molar-refractivity contribution in [1.29, 1.82) is 0 Å². The maximum atomic E-state index is 4.64. The van der Waals surface area contributed by atoms with Gasteiger partial charge in [-0.1, -0.05) is 20.3 Å². The first-order valence-electron chi connectivity index (χ1n) is 7.22. The monoisotopic (exact) mass is 290 g/mol. The van der Waals surface area contributed by atoms with Crippen molar-refractivity contribution in [2.24, 2.45) is 5.41 Å². The lowest BCUT2D eigenvalue weighted by Crippen LogP contribution is -2.31. The van der Waals surface area contributed by atoms with Crippen molar-refractivity contribution in [2.75, 3.05) is 17.7 Å². The minimum absolute atomic E-state index is 0.335. The standard InChI is InChI=1S/C15H22N4S/c1-9-8-10-12(17-11-6-5-7-15(11,2)3)18-14(16-4)19-13(10)20-9/h8,11H,5-7H2,1-4H3,(H2,16,17,18,19). The maximum Gasteiger partial charge on any atom is 0.225 e. The summed E-state index contributed by atoms with van der Waals surface area (Å²) >= 11 is 1.72. The summed E-state index contributed by atoms with van der Waals surface area (Å²) in [5, 5.41) is 7.88. The highest BCUT2D eigenvalue weighted by molar-refractivity contribution is 7.18. The minimum Gasteiger partial charge on any atom is -0.366 e. The van der Waals surface area contributed by atoms with Crippen LogP contribution < -0.4 is 10.6 Å². The molecule has 0 radical (unpaired) electrons. The summed E-state index contributed by atoms with van der Waals surface area (Å²) in [6, 6.07) is 2.68. The van der Waals surface area contributed by atoms with Crippen LogP contribution in [0.15, 0.2) is 6.07 Å². The van der Waals surface area contributed by atoms with Crippen molar-refractivity contribution in [3.63, 3.8) is 0 Å². The number of hydrogen-bond donors (Lipinski definition) is 2. The molecular weight excluding hydrogens is 268 g/mol. The molecule has 2 aromatic heterocycles.